The molecule has 0 aromatic heterocycles. The first-order valence-electron chi connectivity index (χ1n) is 7.52. The molecule has 3 rings (SSSR count). The van der Waals surface area contributed by atoms with Gasteiger partial charge in [0.15, 0.2) is 0 Å². The third kappa shape index (κ3) is 3.49. The fourth-order valence-corrected chi connectivity index (χ4v) is 4.45. The van der Waals surface area contributed by atoms with Gasteiger partial charge in [-0.25, -0.2) is 4.76 Å². The van der Waals surface area contributed by atoms with Gasteiger partial charge in [-0.15, -0.1) is 0 Å². The van der Waals surface area contributed by atoms with Crippen LogP contribution in [0.3, 0.4) is 0 Å². The Hall–Kier alpha value is -2.44. The third-order valence-electron chi connectivity index (χ3n) is 3.62. The van der Waals surface area contributed by atoms with E-state index in [1.807, 2.05) is 91.9 Å². The van der Waals surface area contributed by atoms with E-state index in [1.165, 1.54) is 0 Å². The highest BCUT2D eigenvalue weighted by Gasteiger charge is 2.25. The first kappa shape index (κ1) is 15.5. The van der Waals surface area contributed by atoms with Gasteiger partial charge >= 0.3 is 0 Å². The molecular weight excluding hydrogens is 301 g/mol. The number of benzene rings is 3. The van der Waals surface area contributed by atoms with E-state index in [2.05, 4.69) is 4.76 Å². The van der Waals surface area contributed by atoms with Crippen LogP contribution in [0.15, 0.2) is 89.7 Å². The summed E-state index contributed by atoms with van der Waals surface area (Å²) in [6.45, 7) is 2.03. The molecule has 0 aliphatic rings. The summed E-state index contributed by atoms with van der Waals surface area (Å²) in [7, 11) is -3.04. The second-order valence-corrected chi connectivity index (χ2v) is 7.82. The van der Waals surface area contributed by atoms with Gasteiger partial charge in [0.1, 0.15) is 0 Å². The maximum Gasteiger partial charge on any atom is 0.247 e. The fraction of sp³-hybridized carbons (Fsp3) is 0.0500. The molecule has 0 unspecified atom stereocenters. The fourth-order valence-electron chi connectivity index (χ4n) is 2.44. The molecule has 0 radical (unpaired) electrons. The average molecular weight is 319 g/mol. The molecule has 3 aromatic rings. The van der Waals surface area contributed by atoms with E-state index in [9.17, 15) is 4.57 Å². The molecule has 0 saturated heterocycles. The minimum Gasteiger partial charge on any atom is -0.288 e. The molecule has 0 heterocycles. The van der Waals surface area contributed by atoms with Crippen LogP contribution >= 0.6 is 7.29 Å². The molecule has 0 atom stereocenters. The molecule has 0 spiro atoms. The summed E-state index contributed by atoms with van der Waals surface area (Å²) in [5, 5.41) is 1.49. The van der Waals surface area contributed by atoms with E-state index in [0.717, 1.165) is 21.7 Å². The van der Waals surface area contributed by atoms with Crippen LogP contribution in [0.5, 0.6) is 0 Å². The van der Waals surface area contributed by atoms with Crippen molar-refractivity contribution in [3.05, 3.63) is 96.1 Å². The molecule has 0 aliphatic carbocycles. The molecule has 0 aliphatic heterocycles. The zero-order valence-corrected chi connectivity index (χ0v) is 13.9. The summed E-state index contributed by atoms with van der Waals surface area (Å²) >= 11 is 0. The normalized spacial score (nSPS) is 11.7. The predicted octanol–water partition coefficient (Wildman–Crippen LogP) is 4.34. The van der Waals surface area contributed by atoms with Crippen LogP contribution in [0.2, 0.25) is 0 Å². The molecule has 3 aromatic carbocycles. The second-order valence-electron chi connectivity index (χ2n) is 5.41. The lowest BCUT2D eigenvalue weighted by Gasteiger charge is -2.14. The maximum atomic E-state index is 13.7. The van der Waals surface area contributed by atoms with Gasteiger partial charge in [-0.2, -0.15) is 0 Å². The smallest absolute Gasteiger partial charge is 0.247 e. The van der Waals surface area contributed by atoms with Gasteiger partial charge in [0.25, 0.3) is 0 Å². The van der Waals surface area contributed by atoms with Crippen molar-refractivity contribution in [3.63, 3.8) is 0 Å². The summed E-state index contributed by atoms with van der Waals surface area (Å²) in [4.78, 5) is 0. The van der Waals surface area contributed by atoms with Crippen molar-refractivity contribution in [1.29, 1.82) is 0 Å². The lowest BCUT2D eigenvalue weighted by atomic mass is 10.2. The standard InChI is InChI=1S/C20H18NOP/c1-17-9-8-10-18(15-17)16-21-23(22,19-11-4-2-5-12-19)20-13-6-3-7-14-20/h2-16H,1H3. The van der Waals surface area contributed by atoms with Crippen LogP contribution in [-0.4, -0.2) is 6.21 Å². The highest BCUT2D eigenvalue weighted by Crippen LogP contribution is 2.44. The number of aryl methyl sites for hydroxylation is 1. The van der Waals surface area contributed by atoms with Gasteiger partial charge in [0.2, 0.25) is 7.29 Å². The Bertz CT molecular complexity index is 814. The van der Waals surface area contributed by atoms with Gasteiger partial charge in [-0.05, 0) is 36.8 Å². The minimum absolute atomic E-state index is 0.745. The lowest BCUT2D eigenvalue weighted by Crippen LogP contribution is -2.14. The van der Waals surface area contributed by atoms with E-state index in [-0.39, 0.29) is 0 Å². The van der Waals surface area contributed by atoms with Gasteiger partial charge in [-0.1, -0.05) is 66.2 Å². The molecule has 0 amide bonds. The van der Waals surface area contributed by atoms with Crippen LogP contribution in [0.1, 0.15) is 11.1 Å². The van der Waals surface area contributed by atoms with Crippen molar-refractivity contribution >= 4 is 24.1 Å². The van der Waals surface area contributed by atoms with Crippen molar-refractivity contribution in [2.45, 2.75) is 6.92 Å². The van der Waals surface area contributed by atoms with Crippen molar-refractivity contribution in [1.82, 2.24) is 0 Å². The SMILES string of the molecule is Cc1cccc(C=NP(=O)(c2ccccc2)c2ccccc2)c1. The van der Waals surface area contributed by atoms with E-state index < -0.39 is 7.29 Å². The van der Waals surface area contributed by atoms with Crippen LogP contribution in [0, 0.1) is 6.92 Å². The molecule has 0 fully saturated rings. The summed E-state index contributed by atoms with van der Waals surface area (Å²) in [6.07, 6.45) is 1.72. The molecule has 0 N–H and O–H groups in total. The van der Waals surface area contributed by atoms with Crippen LogP contribution < -0.4 is 10.6 Å². The molecule has 23 heavy (non-hydrogen) atoms. The summed E-state index contributed by atoms with van der Waals surface area (Å²) in [5.41, 5.74) is 2.11. The van der Waals surface area contributed by atoms with E-state index in [0.29, 0.717) is 0 Å². The summed E-state index contributed by atoms with van der Waals surface area (Å²) < 4.78 is 18.2. The largest absolute Gasteiger partial charge is 0.288 e. The van der Waals surface area contributed by atoms with E-state index in [4.69, 9.17) is 0 Å². The molecule has 0 bridgehead atoms. The number of hydrogen-bond acceptors (Lipinski definition) is 1. The highest BCUT2D eigenvalue weighted by molar-refractivity contribution is 7.77. The average Bonchev–Trinajstić information content (AvgIpc) is 2.61. The first-order valence-corrected chi connectivity index (χ1v) is 9.18. The van der Waals surface area contributed by atoms with Gasteiger partial charge in [-0.3, -0.25) is 4.57 Å². The Kier molecular flexibility index (Phi) is 4.55. The Morgan fingerprint density at radius 2 is 1.35 bits per heavy atom. The zero-order valence-electron chi connectivity index (χ0n) is 13.0. The highest BCUT2D eigenvalue weighted by atomic mass is 31.2. The molecule has 114 valence electrons. The maximum absolute atomic E-state index is 13.7. The van der Waals surface area contributed by atoms with Gasteiger partial charge in [0.05, 0.1) is 0 Å². The van der Waals surface area contributed by atoms with E-state index in [1.54, 1.807) is 6.21 Å². The number of hydrogen-bond donors (Lipinski definition) is 0. The minimum atomic E-state index is -3.04. The summed E-state index contributed by atoms with van der Waals surface area (Å²) in [6, 6.07) is 26.9. The topological polar surface area (TPSA) is 29.4 Å². The van der Waals surface area contributed by atoms with Gasteiger partial charge < -0.3 is 0 Å². The van der Waals surface area contributed by atoms with Crippen molar-refractivity contribution < 1.29 is 4.57 Å². The summed E-state index contributed by atoms with van der Waals surface area (Å²) in [5.74, 6) is 0. The second kappa shape index (κ2) is 6.76. The Morgan fingerprint density at radius 3 is 1.87 bits per heavy atom. The van der Waals surface area contributed by atoms with Crippen LogP contribution in [0.25, 0.3) is 0 Å². The Morgan fingerprint density at radius 1 is 0.783 bits per heavy atom. The van der Waals surface area contributed by atoms with Crippen molar-refractivity contribution in [3.8, 4) is 0 Å². The molecule has 2 nitrogen and oxygen atoms in total. The van der Waals surface area contributed by atoms with Crippen molar-refractivity contribution in [2.75, 3.05) is 0 Å². The number of rotatable bonds is 4. The van der Waals surface area contributed by atoms with Crippen molar-refractivity contribution in [2.24, 2.45) is 4.76 Å². The quantitative estimate of drug-likeness (QED) is 0.519. The molecule has 0 saturated carbocycles. The van der Waals surface area contributed by atoms with Crippen LogP contribution in [0.4, 0.5) is 0 Å². The number of nitrogens with zero attached hydrogens (tertiary/aromatic N) is 1. The first-order chi connectivity index (χ1) is 11.2. The third-order valence-corrected chi connectivity index (χ3v) is 6.06. The Balaban J connectivity index is 2.08. The predicted molar refractivity (Wildman–Crippen MR) is 98.5 cm³/mol. The van der Waals surface area contributed by atoms with Crippen LogP contribution in [-0.2, 0) is 4.57 Å². The zero-order chi connectivity index (χ0) is 16.1. The Labute approximate surface area is 137 Å². The van der Waals surface area contributed by atoms with Gasteiger partial charge in [0, 0.05) is 16.8 Å². The van der Waals surface area contributed by atoms with E-state index >= 15 is 0 Å². The molecule has 3 heteroatoms. The molecular formula is C20H18NOP. The monoisotopic (exact) mass is 319 g/mol. The lowest BCUT2D eigenvalue weighted by molar-refractivity contribution is 0.588.